The minimum Gasteiger partial charge on any atom is -0.481 e. The highest BCUT2D eigenvalue weighted by molar-refractivity contribution is 6.01. The van der Waals surface area contributed by atoms with Crippen molar-refractivity contribution < 1.29 is 29.0 Å². The first-order valence-corrected chi connectivity index (χ1v) is 15.6. The maximum atomic E-state index is 14.0. The van der Waals surface area contributed by atoms with Crippen LogP contribution in [0, 0.1) is 17.3 Å². The van der Waals surface area contributed by atoms with Crippen molar-refractivity contribution in [2.45, 2.75) is 136 Å². The molecule has 2 aliphatic rings. The molecule has 1 aromatic rings. The smallest absolute Gasteiger partial charge is 0.315 e. The Hall–Kier alpha value is -2.39. The Labute approximate surface area is 245 Å². The van der Waals surface area contributed by atoms with Gasteiger partial charge in [0, 0.05) is 40.9 Å². The average molecular weight is 576 g/mol. The van der Waals surface area contributed by atoms with E-state index in [0.717, 1.165) is 51.4 Å². The van der Waals surface area contributed by atoms with Gasteiger partial charge in [0.2, 0.25) is 0 Å². The van der Waals surface area contributed by atoms with Crippen LogP contribution in [-0.4, -0.2) is 58.5 Å². The summed E-state index contributed by atoms with van der Waals surface area (Å²) in [6.07, 6.45) is 8.54. The van der Waals surface area contributed by atoms with Crippen molar-refractivity contribution in [2.24, 2.45) is 17.3 Å². The number of aromatic nitrogens is 1. The number of rotatable bonds is 13. The molecule has 1 saturated carbocycles. The number of aliphatic carboxylic acids is 1. The number of aromatic amines is 1. The van der Waals surface area contributed by atoms with Crippen LogP contribution in [0.15, 0.2) is 12.3 Å². The number of carboxylic acid groups (broad SMARTS) is 1. The number of hydrogen-bond donors (Lipinski definition) is 4. The van der Waals surface area contributed by atoms with Gasteiger partial charge in [-0.2, -0.15) is 0 Å². The van der Waals surface area contributed by atoms with Crippen molar-refractivity contribution in [1.82, 2.24) is 15.6 Å². The number of hydrogen-bond acceptors (Lipinski definition) is 5. The highest BCUT2D eigenvalue weighted by atomic mass is 16.7. The molecule has 41 heavy (non-hydrogen) atoms. The SMILES string of the molecule is CCCCCC(NC(=O)NC1CCCCC1C(CC(=O)O)c1[nH]ccc1C(=O)C1OC(C)(C)OCC1(C)C)C(C)C. The number of carbonyl (C=O) groups excluding carboxylic acids is 2. The van der Waals surface area contributed by atoms with Crippen LogP contribution >= 0.6 is 0 Å². The van der Waals surface area contributed by atoms with E-state index in [1.807, 2.05) is 13.8 Å². The van der Waals surface area contributed by atoms with Gasteiger partial charge in [0.05, 0.1) is 13.0 Å². The van der Waals surface area contributed by atoms with Crippen molar-refractivity contribution in [3.8, 4) is 0 Å². The van der Waals surface area contributed by atoms with Gasteiger partial charge in [-0.1, -0.05) is 66.7 Å². The van der Waals surface area contributed by atoms with Gasteiger partial charge in [0.15, 0.2) is 11.6 Å². The Balaban J connectivity index is 1.85. The summed E-state index contributed by atoms with van der Waals surface area (Å²) in [4.78, 5) is 42.6. The number of ether oxygens (including phenoxy) is 2. The van der Waals surface area contributed by atoms with Gasteiger partial charge in [-0.3, -0.25) is 9.59 Å². The van der Waals surface area contributed by atoms with Crippen molar-refractivity contribution >= 4 is 17.8 Å². The third-order valence-electron chi connectivity index (χ3n) is 8.84. The van der Waals surface area contributed by atoms with Crippen molar-refractivity contribution in [3.63, 3.8) is 0 Å². The molecule has 1 aliphatic heterocycles. The predicted octanol–water partition coefficient (Wildman–Crippen LogP) is 6.40. The lowest BCUT2D eigenvalue weighted by Crippen LogP contribution is -2.54. The summed E-state index contributed by atoms with van der Waals surface area (Å²) in [6.45, 7) is 14.3. The highest BCUT2D eigenvalue weighted by Crippen LogP contribution is 2.42. The molecule has 0 spiro atoms. The Morgan fingerprint density at radius 3 is 2.49 bits per heavy atom. The van der Waals surface area contributed by atoms with E-state index >= 15 is 0 Å². The lowest BCUT2D eigenvalue weighted by atomic mass is 9.72. The number of carboxylic acids is 1. The minimum absolute atomic E-state index is 0.0816. The molecule has 232 valence electrons. The number of Topliss-reactive ketones (excluding diaryl/α,β-unsaturated/α-hetero) is 1. The molecule has 9 heteroatoms. The summed E-state index contributed by atoms with van der Waals surface area (Å²) in [5.74, 6) is -2.29. The number of urea groups is 1. The van der Waals surface area contributed by atoms with Crippen molar-refractivity contribution in [1.29, 1.82) is 0 Å². The van der Waals surface area contributed by atoms with E-state index in [1.54, 1.807) is 26.1 Å². The zero-order valence-electron chi connectivity index (χ0n) is 26.2. The Morgan fingerprint density at radius 1 is 1.12 bits per heavy atom. The molecule has 0 aromatic carbocycles. The average Bonchev–Trinajstić information content (AvgIpc) is 3.38. The van der Waals surface area contributed by atoms with Crippen LogP contribution in [-0.2, 0) is 14.3 Å². The fraction of sp³-hybridized carbons (Fsp3) is 0.781. The van der Waals surface area contributed by atoms with Crippen LogP contribution in [0.2, 0.25) is 0 Å². The Morgan fingerprint density at radius 2 is 1.83 bits per heavy atom. The highest BCUT2D eigenvalue weighted by Gasteiger charge is 2.47. The van der Waals surface area contributed by atoms with E-state index < -0.39 is 29.2 Å². The quantitative estimate of drug-likeness (QED) is 0.159. The zero-order valence-corrected chi connectivity index (χ0v) is 26.2. The number of ketones is 1. The maximum absolute atomic E-state index is 14.0. The third-order valence-corrected chi connectivity index (χ3v) is 8.84. The summed E-state index contributed by atoms with van der Waals surface area (Å²) in [5, 5.41) is 16.4. The first-order chi connectivity index (χ1) is 19.3. The van der Waals surface area contributed by atoms with Gasteiger partial charge >= 0.3 is 12.0 Å². The number of carbonyl (C=O) groups is 3. The summed E-state index contributed by atoms with van der Waals surface area (Å²) in [7, 11) is 0. The van der Waals surface area contributed by atoms with Gasteiger partial charge in [-0.25, -0.2) is 4.79 Å². The van der Waals surface area contributed by atoms with E-state index in [4.69, 9.17) is 9.47 Å². The fourth-order valence-electron chi connectivity index (χ4n) is 6.41. The number of H-pyrrole nitrogens is 1. The Bertz CT molecular complexity index is 1030. The molecule has 4 N–H and O–H groups in total. The lowest BCUT2D eigenvalue weighted by Gasteiger charge is -2.45. The second kappa shape index (κ2) is 14.2. The Kier molecular flexibility index (Phi) is 11.5. The van der Waals surface area contributed by atoms with E-state index in [9.17, 15) is 19.5 Å². The van der Waals surface area contributed by atoms with Gasteiger partial charge in [-0.15, -0.1) is 0 Å². The molecule has 1 saturated heterocycles. The summed E-state index contributed by atoms with van der Waals surface area (Å²) >= 11 is 0. The zero-order chi connectivity index (χ0) is 30.4. The second-order valence-electron chi connectivity index (χ2n) is 13.6. The van der Waals surface area contributed by atoms with Gasteiger partial charge in [0.1, 0.15) is 6.10 Å². The molecule has 2 amide bonds. The summed E-state index contributed by atoms with van der Waals surface area (Å²) < 4.78 is 12.0. The van der Waals surface area contributed by atoms with E-state index in [1.165, 1.54) is 0 Å². The molecule has 1 aliphatic carbocycles. The topological polar surface area (TPSA) is 130 Å². The molecular formula is C32H53N3O6. The van der Waals surface area contributed by atoms with Gasteiger partial charge in [-0.05, 0) is 51.0 Å². The molecule has 0 bridgehead atoms. The summed E-state index contributed by atoms with van der Waals surface area (Å²) in [5.41, 5.74) is 0.511. The van der Waals surface area contributed by atoms with Crippen LogP contribution in [0.25, 0.3) is 0 Å². The largest absolute Gasteiger partial charge is 0.481 e. The first kappa shape index (κ1) is 33.1. The van der Waals surface area contributed by atoms with Crippen LogP contribution in [0.5, 0.6) is 0 Å². The van der Waals surface area contributed by atoms with Crippen molar-refractivity contribution in [3.05, 3.63) is 23.5 Å². The number of unbranched alkanes of at least 4 members (excludes halogenated alkanes) is 2. The van der Waals surface area contributed by atoms with Crippen LogP contribution in [0.1, 0.15) is 128 Å². The standard InChI is InChI=1S/C32H53N3O6/c1-8-9-10-14-24(20(2)3)34-30(39)35-25-15-12-11-13-21(25)23(18-26(36)37)27-22(16-17-33-27)28(38)29-31(4,5)19-40-32(6,7)41-29/h16-17,20-21,23-25,29,33H,8-15,18-19H2,1-7H3,(H,36,37)(H2,34,35,39). The predicted molar refractivity (Wildman–Crippen MR) is 159 cm³/mol. The molecule has 0 radical (unpaired) electrons. The first-order valence-electron chi connectivity index (χ1n) is 15.6. The monoisotopic (exact) mass is 575 g/mol. The molecule has 5 atom stereocenters. The van der Waals surface area contributed by atoms with Gasteiger partial charge < -0.3 is 30.2 Å². The second-order valence-corrected chi connectivity index (χ2v) is 13.6. The van der Waals surface area contributed by atoms with Gasteiger partial charge in [0.25, 0.3) is 0 Å². The summed E-state index contributed by atoms with van der Waals surface area (Å²) in [6, 6.07) is 1.42. The van der Waals surface area contributed by atoms with Crippen LogP contribution in [0.3, 0.4) is 0 Å². The number of nitrogens with one attached hydrogen (secondary N) is 3. The minimum atomic E-state index is -0.934. The molecule has 1 aromatic heterocycles. The third kappa shape index (κ3) is 8.80. The fourth-order valence-corrected chi connectivity index (χ4v) is 6.41. The van der Waals surface area contributed by atoms with Crippen LogP contribution < -0.4 is 10.6 Å². The number of amides is 2. The molecule has 3 rings (SSSR count). The van der Waals surface area contributed by atoms with Crippen molar-refractivity contribution in [2.75, 3.05) is 6.61 Å². The molecule has 9 nitrogen and oxygen atoms in total. The normalized spacial score (nSPS) is 25.3. The van der Waals surface area contributed by atoms with E-state index in [2.05, 4.69) is 36.4 Å². The van der Waals surface area contributed by atoms with E-state index in [-0.39, 0.29) is 36.2 Å². The molecule has 2 heterocycles. The lowest BCUT2D eigenvalue weighted by molar-refractivity contribution is -0.298. The molecule has 5 unspecified atom stereocenters. The molecule has 2 fully saturated rings. The van der Waals surface area contributed by atoms with Crippen LogP contribution in [0.4, 0.5) is 4.79 Å². The maximum Gasteiger partial charge on any atom is 0.315 e. The van der Waals surface area contributed by atoms with E-state index in [0.29, 0.717) is 23.8 Å². The molecular weight excluding hydrogens is 522 g/mol.